The zero-order valence-corrected chi connectivity index (χ0v) is 11.5. The number of sulfonamides is 1. The van der Waals surface area contributed by atoms with Gasteiger partial charge in [-0.2, -0.15) is 0 Å². The molecule has 2 aromatic rings. The molecule has 7 heteroatoms. The highest BCUT2D eigenvalue weighted by Gasteiger charge is 2.20. The van der Waals surface area contributed by atoms with Crippen LogP contribution in [0.1, 0.15) is 10.4 Å². The van der Waals surface area contributed by atoms with Crippen molar-refractivity contribution in [2.75, 3.05) is 6.54 Å². The number of rotatable bonds is 5. The molecular weight excluding hydrogens is 300 g/mol. The molecule has 0 aromatic heterocycles. The predicted octanol–water partition coefficient (Wildman–Crippen LogP) is 2.13. The summed E-state index contributed by atoms with van der Waals surface area (Å²) in [6.07, 6.45) is 0. The quantitative estimate of drug-likeness (QED) is 0.860. The van der Waals surface area contributed by atoms with Gasteiger partial charge in [-0.15, -0.1) is 0 Å². The van der Waals surface area contributed by atoms with Gasteiger partial charge in [-0.1, -0.05) is 24.3 Å². The third-order valence-corrected chi connectivity index (χ3v) is 4.13. The summed E-state index contributed by atoms with van der Waals surface area (Å²) in [5.74, 6) is -3.04. The molecule has 0 unspecified atom stereocenters. The number of nitrogens with one attached hydrogen (secondary N) is 1. The zero-order valence-electron chi connectivity index (χ0n) is 10.7. The van der Waals surface area contributed by atoms with Crippen LogP contribution in [0.15, 0.2) is 53.4 Å². The molecule has 0 spiro atoms. The molecule has 2 rings (SSSR count). The van der Waals surface area contributed by atoms with Crippen LogP contribution in [0.3, 0.4) is 0 Å². The summed E-state index contributed by atoms with van der Waals surface area (Å²) in [7, 11) is -3.90. The van der Waals surface area contributed by atoms with Gasteiger partial charge in [-0.05, 0) is 24.3 Å². The van der Waals surface area contributed by atoms with E-state index in [0.29, 0.717) is 0 Å². The number of benzene rings is 2. The highest BCUT2D eigenvalue weighted by Crippen LogP contribution is 2.13. The average Bonchev–Trinajstić information content (AvgIpc) is 2.46. The van der Waals surface area contributed by atoms with Crippen LogP contribution in [0, 0.1) is 11.6 Å². The van der Waals surface area contributed by atoms with Crippen LogP contribution in [-0.2, 0) is 10.0 Å². The predicted molar refractivity (Wildman–Crippen MR) is 72.3 cm³/mol. The van der Waals surface area contributed by atoms with Gasteiger partial charge in [0, 0.05) is 0 Å². The van der Waals surface area contributed by atoms with Gasteiger partial charge < -0.3 is 0 Å². The Morgan fingerprint density at radius 3 is 2.10 bits per heavy atom. The second kappa shape index (κ2) is 6.11. The van der Waals surface area contributed by atoms with Gasteiger partial charge in [0.05, 0.1) is 17.0 Å². The van der Waals surface area contributed by atoms with Crippen molar-refractivity contribution < 1.29 is 22.0 Å². The summed E-state index contributed by atoms with van der Waals surface area (Å²) in [6.45, 7) is -0.727. The highest BCUT2D eigenvalue weighted by atomic mass is 32.2. The molecule has 0 amide bonds. The zero-order chi connectivity index (χ0) is 15.5. The first kappa shape index (κ1) is 15.3. The molecule has 0 saturated heterocycles. The van der Waals surface area contributed by atoms with Gasteiger partial charge >= 0.3 is 0 Å². The van der Waals surface area contributed by atoms with E-state index in [1.54, 1.807) is 6.07 Å². The van der Waals surface area contributed by atoms with Gasteiger partial charge in [0.15, 0.2) is 5.78 Å². The molecule has 0 heterocycles. The van der Waals surface area contributed by atoms with Gasteiger partial charge in [-0.3, -0.25) is 4.79 Å². The number of ketones is 1. The fourth-order valence-corrected chi connectivity index (χ4v) is 2.70. The van der Waals surface area contributed by atoms with Crippen molar-refractivity contribution in [2.24, 2.45) is 0 Å². The summed E-state index contributed by atoms with van der Waals surface area (Å²) >= 11 is 0. The molecule has 0 saturated carbocycles. The minimum atomic E-state index is -3.90. The molecule has 0 aliphatic rings. The van der Waals surface area contributed by atoms with Crippen LogP contribution in [-0.4, -0.2) is 20.7 Å². The Morgan fingerprint density at radius 1 is 0.952 bits per heavy atom. The molecule has 0 bridgehead atoms. The summed E-state index contributed by atoms with van der Waals surface area (Å²) in [5, 5.41) is 0. The van der Waals surface area contributed by atoms with E-state index in [9.17, 15) is 22.0 Å². The fraction of sp³-hybridized carbons (Fsp3) is 0.0714. The van der Waals surface area contributed by atoms with Crippen LogP contribution in [0.4, 0.5) is 8.78 Å². The van der Waals surface area contributed by atoms with E-state index < -0.39 is 39.5 Å². The number of hydrogen-bond acceptors (Lipinski definition) is 3. The number of Topliss-reactive ketones (excluding diaryl/α,β-unsaturated/α-hetero) is 1. The lowest BCUT2D eigenvalue weighted by Crippen LogP contribution is -2.30. The van der Waals surface area contributed by atoms with Crippen molar-refractivity contribution >= 4 is 15.8 Å². The maximum Gasteiger partial charge on any atom is 0.240 e. The normalized spacial score (nSPS) is 11.3. The second-order valence-electron chi connectivity index (χ2n) is 4.16. The molecule has 0 atom stereocenters. The van der Waals surface area contributed by atoms with E-state index in [2.05, 4.69) is 0 Å². The van der Waals surface area contributed by atoms with Gasteiger partial charge in [-0.25, -0.2) is 21.9 Å². The first-order valence-electron chi connectivity index (χ1n) is 5.94. The van der Waals surface area contributed by atoms with Crippen molar-refractivity contribution in [3.8, 4) is 0 Å². The molecule has 2 aromatic carbocycles. The van der Waals surface area contributed by atoms with Crippen molar-refractivity contribution in [3.05, 3.63) is 65.7 Å². The molecule has 4 nitrogen and oxygen atoms in total. The number of carbonyl (C=O) groups is 1. The van der Waals surface area contributed by atoms with Crippen LogP contribution in [0.5, 0.6) is 0 Å². The lowest BCUT2D eigenvalue weighted by Gasteiger charge is -2.07. The Balaban J connectivity index is 2.15. The monoisotopic (exact) mass is 311 g/mol. The van der Waals surface area contributed by atoms with E-state index in [1.165, 1.54) is 24.3 Å². The van der Waals surface area contributed by atoms with E-state index >= 15 is 0 Å². The van der Waals surface area contributed by atoms with Crippen LogP contribution >= 0.6 is 0 Å². The third-order valence-electron chi connectivity index (χ3n) is 2.72. The average molecular weight is 311 g/mol. The molecule has 0 aliphatic heterocycles. The van der Waals surface area contributed by atoms with E-state index in [1.807, 2.05) is 4.72 Å². The van der Waals surface area contributed by atoms with E-state index in [-0.39, 0.29) is 4.90 Å². The summed E-state index contributed by atoms with van der Waals surface area (Å²) in [6, 6.07) is 10.4. The largest absolute Gasteiger partial charge is 0.292 e. The van der Waals surface area contributed by atoms with Crippen LogP contribution < -0.4 is 4.72 Å². The number of hydrogen-bond donors (Lipinski definition) is 1. The third kappa shape index (κ3) is 3.50. The Labute approximate surface area is 120 Å². The molecule has 0 radical (unpaired) electrons. The van der Waals surface area contributed by atoms with Crippen molar-refractivity contribution in [1.82, 2.24) is 4.72 Å². The maximum atomic E-state index is 13.4. The summed E-state index contributed by atoms with van der Waals surface area (Å²) < 4.78 is 52.6. The Kier molecular flexibility index (Phi) is 4.44. The SMILES string of the molecule is O=C(CNS(=O)(=O)c1ccccc1)c1c(F)cccc1F. The fourth-order valence-electron chi connectivity index (χ4n) is 1.70. The minimum Gasteiger partial charge on any atom is -0.292 e. The molecule has 0 aliphatic carbocycles. The van der Waals surface area contributed by atoms with Gasteiger partial charge in [0.25, 0.3) is 0 Å². The topological polar surface area (TPSA) is 63.2 Å². The Bertz CT molecular complexity index is 741. The summed E-state index contributed by atoms with van der Waals surface area (Å²) in [5.41, 5.74) is -0.756. The molecule has 21 heavy (non-hydrogen) atoms. The van der Waals surface area contributed by atoms with Crippen molar-refractivity contribution in [3.63, 3.8) is 0 Å². The van der Waals surface area contributed by atoms with Gasteiger partial charge in [0.2, 0.25) is 10.0 Å². The molecule has 0 fully saturated rings. The second-order valence-corrected chi connectivity index (χ2v) is 5.92. The van der Waals surface area contributed by atoms with E-state index in [0.717, 1.165) is 18.2 Å². The summed E-state index contributed by atoms with van der Waals surface area (Å²) in [4.78, 5) is 11.7. The Hall–Kier alpha value is -2.12. The van der Waals surface area contributed by atoms with Crippen molar-refractivity contribution in [2.45, 2.75) is 4.90 Å². The molecular formula is C14H11F2NO3S. The minimum absolute atomic E-state index is 0.0354. The maximum absolute atomic E-state index is 13.4. The lowest BCUT2D eigenvalue weighted by molar-refractivity contribution is 0.0989. The lowest BCUT2D eigenvalue weighted by atomic mass is 10.1. The number of halogens is 2. The standard InChI is InChI=1S/C14H11F2NO3S/c15-11-7-4-8-12(16)14(11)13(18)9-17-21(19,20)10-5-2-1-3-6-10/h1-8,17H,9H2. The van der Waals surface area contributed by atoms with Gasteiger partial charge in [0.1, 0.15) is 11.6 Å². The van der Waals surface area contributed by atoms with E-state index in [4.69, 9.17) is 0 Å². The first-order valence-corrected chi connectivity index (χ1v) is 7.42. The van der Waals surface area contributed by atoms with Crippen LogP contribution in [0.25, 0.3) is 0 Å². The van der Waals surface area contributed by atoms with Crippen LogP contribution in [0.2, 0.25) is 0 Å². The first-order chi connectivity index (χ1) is 9.92. The smallest absolute Gasteiger partial charge is 0.240 e. The number of carbonyl (C=O) groups excluding carboxylic acids is 1. The molecule has 1 N–H and O–H groups in total. The Morgan fingerprint density at radius 2 is 1.52 bits per heavy atom. The molecule has 110 valence electrons. The van der Waals surface area contributed by atoms with Crippen molar-refractivity contribution in [1.29, 1.82) is 0 Å². The highest BCUT2D eigenvalue weighted by molar-refractivity contribution is 7.89.